The van der Waals surface area contributed by atoms with Crippen molar-refractivity contribution in [2.45, 2.75) is 19.5 Å². The molecule has 6 heteroatoms. The van der Waals surface area contributed by atoms with Gasteiger partial charge in [0.05, 0.1) is 23.3 Å². The molecule has 2 aromatic rings. The molecule has 1 aromatic heterocycles. The van der Waals surface area contributed by atoms with E-state index >= 15 is 0 Å². The van der Waals surface area contributed by atoms with E-state index in [1.807, 2.05) is 13.0 Å². The van der Waals surface area contributed by atoms with E-state index in [0.29, 0.717) is 12.1 Å². The third kappa shape index (κ3) is 3.38. The molecule has 1 aromatic carbocycles. The largest absolute Gasteiger partial charge is 0.468 e. The molecule has 5 nitrogen and oxygen atoms in total. The summed E-state index contributed by atoms with van der Waals surface area (Å²) in [6, 6.07) is 7.07. The minimum atomic E-state index is -0.614. The van der Waals surface area contributed by atoms with Gasteiger partial charge in [-0.1, -0.05) is 0 Å². The van der Waals surface area contributed by atoms with Crippen molar-refractivity contribution in [1.82, 2.24) is 5.32 Å². The van der Waals surface area contributed by atoms with Gasteiger partial charge in [-0.05, 0) is 30.7 Å². The van der Waals surface area contributed by atoms with Crippen molar-refractivity contribution >= 4 is 5.69 Å². The maximum atomic E-state index is 13.2. The predicted molar refractivity (Wildman–Crippen MR) is 67.0 cm³/mol. The smallest absolute Gasteiger partial charge is 0.272 e. The Labute approximate surface area is 109 Å². The van der Waals surface area contributed by atoms with Gasteiger partial charge in [-0.15, -0.1) is 0 Å². The normalized spacial score (nSPS) is 12.3. The van der Waals surface area contributed by atoms with Crippen LogP contribution in [0.1, 0.15) is 24.3 Å². The number of hydrogen-bond acceptors (Lipinski definition) is 4. The topological polar surface area (TPSA) is 68.3 Å². The number of benzene rings is 1. The first-order chi connectivity index (χ1) is 9.06. The van der Waals surface area contributed by atoms with Gasteiger partial charge in [0.15, 0.2) is 0 Å². The lowest BCUT2D eigenvalue weighted by Gasteiger charge is -2.11. The van der Waals surface area contributed by atoms with E-state index in [-0.39, 0.29) is 11.7 Å². The summed E-state index contributed by atoms with van der Waals surface area (Å²) in [5.41, 5.74) is 0.271. The summed E-state index contributed by atoms with van der Waals surface area (Å²) in [6.07, 6.45) is 1.57. The summed E-state index contributed by atoms with van der Waals surface area (Å²) in [5, 5.41) is 13.7. The quantitative estimate of drug-likeness (QED) is 0.665. The fourth-order valence-electron chi connectivity index (χ4n) is 1.75. The molecule has 1 heterocycles. The van der Waals surface area contributed by atoms with Crippen molar-refractivity contribution in [2.24, 2.45) is 0 Å². The molecule has 0 aliphatic rings. The lowest BCUT2D eigenvalue weighted by atomic mass is 10.1. The van der Waals surface area contributed by atoms with E-state index in [1.165, 1.54) is 12.1 Å². The van der Waals surface area contributed by atoms with Gasteiger partial charge in [0.25, 0.3) is 5.69 Å². The first-order valence-electron chi connectivity index (χ1n) is 5.77. The van der Waals surface area contributed by atoms with Crippen LogP contribution in [0.5, 0.6) is 0 Å². The number of nitrogens with zero attached hydrogens (tertiary/aromatic N) is 1. The van der Waals surface area contributed by atoms with Gasteiger partial charge >= 0.3 is 0 Å². The molecule has 100 valence electrons. The van der Waals surface area contributed by atoms with Gasteiger partial charge in [0, 0.05) is 12.6 Å². The van der Waals surface area contributed by atoms with Crippen LogP contribution in [0.15, 0.2) is 41.0 Å². The van der Waals surface area contributed by atoms with Gasteiger partial charge in [-0.25, -0.2) is 4.39 Å². The fraction of sp³-hybridized carbons (Fsp3) is 0.231. The minimum absolute atomic E-state index is 0.0580. The molecule has 0 unspecified atom stereocenters. The molecule has 0 aliphatic carbocycles. The molecule has 2 rings (SSSR count). The molecule has 0 spiro atoms. The molecule has 0 saturated heterocycles. The molecule has 1 atom stereocenters. The number of hydrogen-bond donors (Lipinski definition) is 1. The van der Waals surface area contributed by atoms with Crippen molar-refractivity contribution in [3.8, 4) is 0 Å². The molecule has 0 bridgehead atoms. The summed E-state index contributed by atoms with van der Waals surface area (Å²) in [5.74, 6) is 0.141. The molecular formula is C13H13FN2O3. The van der Waals surface area contributed by atoms with E-state index in [2.05, 4.69) is 5.32 Å². The number of halogens is 1. The first kappa shape index (κ1) is 13.2. The lowest BCUT2D eigenvalue weighted by molar-refractivity contribution is -0.385. The van der Waals surface area contributed by atoms with Crippen LogP contribution >= 0.6 is 0 Å². The Kier molecular flexibility index (Phi) is 3.91. The highest BCUT2D eigenvalue weighted by Gasteiger charge is 2.11. The zero-order valence-electron chi connectivity index (χ0n) is 10.3. The Morgan fingerprint density at radius 3 is 2.89 bits per heavy atom. The van der Waals surface area contributed by atoms with Gasteiger partial charge in [-0.2, -0.15) is 0 Å². The van der Waals surface area contributed by atoms with Crippen LogP contribution in [0.4, 0.5) is 10.1 Å². The first-order valence-corrected chi connectivity index (χ1v) is 5.77. The van der Waals surface area contributed by atoms with Crippen LogP contribution in [0.25, 0.3) is 0 Å². The Balaban J connectivity index is 2.05. The zero-order valence-corrected chi connectivity index (χ0v) is 10.3. The van der Waals surface area contributed by atoms with Crippen LogP contribution in [0.2, 0.25) is 0 Å². The highest BCUT2D eigenvalue weighted by atomic mass is 19.1. The van der Waals surface area contributed by atoms with Crippen LogP contribution in [-0.4, -0.2) is 4.92 Å². The highest BCUT2D eigenvalue weighted by molar-refractivity contribution is 5.35. The number of rotatable bonds is 5. The van der Waals surface area contributed by atoms with Crippen molar-refractivity contribution in [1.29, 1.82) is 0 Å². The molecule has 0 amide bonds. The lowest BCUT2D eigenvalue weighted by Crippen LogP contribution is -2.17. The fourth-order valence-corrected chi connectivity index (χ4v) is 1.75. The molecule has 0 aliphatic heterocycles. The van der Waals surface area contributed by atoms with Gasteiger partial charge in [-0.3, -0.25) is 10.1 Å². The second-order valence-electron chi connectivity index (χ2n) is 4.19. The predicted octanol–water partition coefficient (Wildman–Crippen LogP) is 3.18. The Morgan fingerprint density at radius 1 is 1.47 bits per heavy atom. The molecule has 19 heavy (non-hydrogen) atoms. The average Bonchev–Trinajstić information content (AvgIpc) is 2.89. The number of nitro benzene ring substituents is 1. The van der Waals surface area contributed by atoms with Crippen LogP contribution in [-0.2, 0) is 6.54 Å². The third-order valence-corrected chi connectivity index (χ3v) is 2.74. The van der Waals surface area contributed by atoms with E-state index in [9.17, 15) is 14.5 Å². The highest BCUT2D eigenvalue weighted by Crippen LogP contribution is 2.18. The Hall–Kier alpha value is -2.21. The van der Waals surface area contributed by atoms with Gasteiger partial charge in [0.1, 0.15) is 11.6 Å². The Morgan fingerprint density at radius 2 is 2.26 bits per heavy atom. The van der Waals surface area contributed by atoms with E-state index in [1.54, 1.807) is 12.3 Å². The van der Waals surface area contributed by atoms with Gasteiger partial charge in [0.2, 0.25) is 0 Å². The molecule has 0 fully saturated rings. The average molecular weight is 264 g/mol. The third-order valence-electron chi connectivity index (χ3n) is 2.74. The van der Waals surface area contributed by atoms with E-state index < -0.39 is 10.7 Å². The van der Waals surface area contributed by atoms with E-state index in [4.69, 9.17) is 4.42 Å². The summed E-state index contributed by atoms with van der Waals surface area (Å²) >= 11 is 0. The van der Waals surface area contributed by atoms with Crippen LogP contribution < -0.4 is 5.32 Å². The van der Waals surface area contributed by atoms with Crippen LogP contribution in [0, 0.1) is 15.9 Å². The molecule has 1 N–H and O–H groups in total. The van der Waals surface area contributed by atoms with Crippen molar-refractivity contribution < 1.29 is 13.7 Å². The summed E-state index contributed by atoms with van der Waals surface area (Å²) in [4.78, 5) is 10.0. The maximum absolute atomic E-state index is 13.2. The molecule has 0 saturated carbocycles. The second-order valence-corrected chi connectivity index (χ2v) is 4.19. The van der Waals surface area contributed by atoms with Gasteiger partial charge < -0.3 is 9.73 Å². The SMILES string of the molecule is C[C@@H](NCc1cc(F)cc([N+](=O)[O-])c1)c1ccco1. The number of furan rings is 1. The van der Waals surface area contributed by atoms with Crippen molar-refractivity contribution in [2.75, 3.05) is 0 Å². The monoisotopic (exact) mass is 264 g/mol. The van der Waals surface area contributed by atoms with Crippen LogP contribution in [0.3, 0.4) is 0 Å². The molecule has 0 radical (unpaired) electrons. The number of nitrogens with one attached hydrogen (secondary N) is 1. The molecular weight excluding hydrogens is 251 g/mol. The Bertz CT molecular complexity index is 569. The zero-order chi connectivity index (χ0) is 13.8. The number of nitro groups is 1. The standard InChI is InChI=1S/C13H13FN2O3/c1-9(13-3-2-4-19-13)15-8-10-5-11(14)7-12(6-10)16(17)18/h2-7,9,15H,8H2,1H3/t9-/m1/s1. The number of non-ortho nitro benzene ring substituents is 1. The van der Waals surface area contributed by atoms with E-state index in [0.717, 1.165) is 11.8 Å². The second kappa shape index (κ2) is 5.62. The maximum Gasteiger partial charge on any atom is 0.272 e. The van der Waals surface area contributed by atoms with Crippen molar-refractivity contribution in [3.05, 3.63) is 63.9 Å². The minimum Gasteiger partial charge on any atom is -0.468 e. The van der Waals surface area contributed by atoms with Crippen molar-refractivity contribution in [3.63, 3.8) is 0 Å². The summed E-state index contributed by atoms with van der Waals surface area (Å²) in [7, 11) is 0. The summed E-state index contributed by atoms with van der Waals surface area (Å²) in [6.45, 7) is 2.22. The summed E-state index contributed by atoms with van der Waals surface area (Å²) < 4.78 is 18.5.